The highest BCUT2D eigenvalue weighted by atomic mass is 35.5. The summed E-state index contributed by atoms with van der Waals surface area (Å²) in [7, 11) is -3.82. The number of amides is 1. The number of benzene rings is 2. The van der Waals surface area contributed by atoms with Crippen LogP contribution in [0.3, 0.4) is 0 Å². The first-order valence-electron chi connectivity index (χ1n) is 17.0. The number of nitrogens with zero attached hydrogens (tertiary/aromatic N) is 5. The number of aromatic nitrogens is 2. The number of nitrogens with one attached hydrogen (secondary N) is 1. The van der Waals surface area contributed by atoms with Crippen molar-refractivity contribution in [3.8, 4) is 11.5 Å². The molecular weight excluding hydrogens is 687 g/mol. The molecule has 2 atom stereocenters. The van der Waals surface area contributed by atoms with E-state index in [1.54, 1.807) is 23.2 Å². The number of rotatable bonds is 11. The average Bonchev–Trinajstić information content (AvgIpc) is 3.06. The SMILES string of the molecule is CCN(C(=O)c1cc(F)ccc1Oc1cncnc1N1CC2(CCN(C[C@@]3(O)CC[C@@H](NS(=O)(=O)c4ccccc4Cl)CO3)CC2)C1)C(C)C. The Labute approximate surface area is 297 Å². The standard InChI is InChI=1S/C35H44ClFN6O6S/c1-4-43(24(2)3)33(44)27-17-25(37)9-10-29(27)49-30-18-38-23-39-32(30)42-20-34(21-42)13-15-41(16-14-34)22-35(45)12-11-26(19-48-35)40-50(46,47)31-8-6-5-7-28(31)36/h5-10,17-18,23-24,26,40,45H,4,11-16,19-22H2,1-3H3/t26-,35-/m1/s1. The van der Waals surface area contributed by atoms with Crippen LogP contribution in [0.25, 0.3) is 0 Å². The number of β-amino-alcohol motifs (C(OH)–C–C–N with tert-alkyl or cyclic N) is 1. The number of anilines is 1. The maximum absolute atomic E-state index is 14.3. The van der Waals surface area contributed by atoms with Gasteiger partial charge in [0.05, 0.1) is 29.9 Å². The van der Waals surface area contributed by atoms with E-state index in [1.807, 2.05) is 20.8 Å². The van der Waals surface area contributed by atoms with E-state index in [2.05, 4.69) is 24.5 Å². The molecule has 1 spiro atoms. The normalized spacial score (nSPS) is 22.4. The molecule has 0 aliphatic carbocycles. The van der Waals surface area contributed by atoms with Crippen LogP contribution in [0, 0.1) is 11.2 Å². The van der Waals surface area contributed by atoms with Crippen LogP contribution in [0.2, 0.25) is 5.02 Å². The van der Waals surface area contributed by atoms with E-state index < -0.39 is 27.7 Å². The summed E-state index contributed by atoms with van der Waals surface area (Å²) in [5.41, 5.74) is 0.215. The first-order chi connectivity index (χ1) is 23.8. The molecule has 50 heavy (non-hydrogen) atoms. The monoisotopic (exact) mass is 730 g/mol. The number of hydrogen-bond acceptors (Lipinski definition) is 10. The van der Waals surface area contributed by atoms with Gasteiger partial charge in [-0.3, -0.25) is 9.69 Å². The van der Waals surface area contributed by atoms with Crippen molar-refractivity contribution >= 4 is 33.3 Å². The predicted molar refractivity (Wildman–Crippen MR) is 186 cm³/mol. The lowest BCUT2D eigenvalue weighted by Crippen LogP contribution is -2.62. The van der Waals surface area contributed by atoms with Crippen LogP contribution in [0.1, 0.15) is 56.8 Å². The highest BCUT2D eigenvalue weighted by Crippen LogP contribution is 2.45. The fourth-order valence-electron chi connectivity index (χ4n) is 7.13. The molecule has 270 valence electrons. The van der Waals surface area contributed by atoms with Crippen molar-refractivity contribution in [3.63, 3.8) is 0 Å². The van der Waals surface area contributed by atoms with E-state index >= 15 is 0 Å². The fraction of sp³-hybridized carbons (Fsp3) is 0.514. The van der Waals surface area contributed by atoms with Gasteiger partial charge in [0.25, 0.3) is 5.91 Å². The summed E-state index contributed by atoms with van der Waals surface area (Å²) in [4.78, 5) is 28.0. The molecular formula is C35H44ClFN6O6S. The van der Waals surface area contributed by atoms with Crippen molar-refractivity contribution in [3.05, 3.63) is 71.4 Å². The summed E-state index contributed by atoms with van der Waals surface area (Å²) < 4.78 is 54.7. The van der Waals surface area contributed by atoms with Gasteiger partial charge < -0.3 is 24.4 Å². The zero-order valence-corrected chi connectivity index (χ0v) is 30.1. The van der Waals surface area contributed by atoms with Gasteiger partial charge in [0, 0.05) is 43.6 Å². The highest BCUT2D eigenvalue weighted by molar-refractivity contribution is 7.89. The summed E-state index contributed by atoms with van der Waals surface area (Å²) >= 11 is 6.10. The number of carbonyl (C=O) groups is 1. The Balaban J connectivity index is 1.02. The molecule has 15 heteroatoms. The van der Waals surface area contributed by atoms with E-state index in [0.717, 1.165) is 39.0 Å². The molecule has 0 saturated carbocycles. The first-order valence-corrected chi connectivity index (χ1v) is 18.9. The largest absolute Gasteiger partial charge is 0.451 e. The maximum atomic E-state index is 14.3. The second-order valence-electron chi connectivity index (χ2n) is 13.8. The zero-order valence-electron chi connectivity index (χ0n) is 28.5. The van der Waals surface area contributed by atoms with Gasteiger partial charge in [-0.1, -0.05) is 23.7 Å². The Morgan fingerprint density at radius 3 is 2.58 bits per heavy atom. The zero-order chi connectivity index (χ0) is 35.7. The summed E-state index contributed by atoms with van der Waals surface area (Å²) in [5.74, 6) is -0.966. The predicted octanol–water partition coefficient (Wildman–Crippen LogP) is 4.68. The molecule has 0 unspecified atom stereocenters. The number of sulfonamides is 1. The third-order valence-electron chi connectivity index (χ3n) is 9.90. The van der Waals surface area contributed by atoms with Crippen LogP contribution in [-0.4, -0.2) is 103 Å². The van der Waals surface area contributed by atoms with Crippen molar-refractivity contribution in [1.29, 1.82) is 0 Å². The molecule has 2 N–H and O–H groups in total. The molecule has 2 aromatic carbocycles. The Bertz CT molecular complexity index is 1790. The second-order valence-corrected chi connectivity index (χ2v) is 15.9. The van der Waals surface area contributed by atoms with E-state index in [4.69, 9.17) is 21.1 Å². The number of hydrogen-bond donors (Lipinski definition) is 2. The number of piperidine rings is 1. The van der Waals surface area contributed by atoms with E-state index in [-0.39, 0.29) is 45.2 Å². The van der Waals surface area contributed by atoms with E-state index in [0.29, 0.717) is 37.5 Å². The third-order valence-corrected chi connectivity index (χ3v) is 11.9. The second kappa shape index (κ2) is 14.7. The number of ether oxygens (including phenoxy) is 2. The topological polar surface area (TPSA) is 137 Å². The Morgan fingerprint density at radius 1 is 1.18 bits per heavy atom. The minimum atomic E-state index is -3.82. The van der Waals surface area contributed by atoms with E-state index in [1.165, 1.54) is 36.7 Å². The summed E-state index contributed by atoms with van der Waals surface area (Å²) in [5, 5.41) is 11.4. The lowest BCUT2D eigenvalue weighted by molar-refractivity contribution is -0.239. The van der Waals surface area contributed by atoms with Gasteiger partial charge in [0.15, 0.2) is 17.4 Å². The molecule has 1 aromatic heterocycles. The number of likely N-dealkylation sites (tertiary alicyclic amines) is 1. The van der Waals surface area contributed by atoms with Crippen molar-refractivity contribution in [2.45, 2.75) is 69.2 Å². The lowest BCUT2D eigenvalue weighted by atomic mass is 9.72. The number of aliphatic hydroxyl groups is 1. The highest BCUT2D eigenvalue weighted by Gasteiger charge is 2.47. The minimum Gasteiger partial charge on any atom is -0.451 e. The summed E-state index contributed by atoms with van der Waals surface area (Å²) in [6, 6.07) is 9.67. The van der Waals surface area contributed by atoms with Crippen molar-refractivity contribution in [2.24, 2.45) is 5.41 Å². The first kappa shape index (κ1) is 36.4. The van der Waals surface area contributed by atoms with Gasteiger partial charge in [-0.15, -0.1) is 0 Å². The molecule has 0 radical (unpaired) electrons. The van der Waals surface area contributed by atoms with Gasteiger partial charge in [-0.05, 0) is 83.5 Å². The van der Waals surface area contributed by atoms with Gasteiger partial charge in [0.2, 0.25) is 10.0 Å². The van der Waals surface area contributed by atoms with Crippen LogP contribution in [0.15, 0.2) is 59.9 Å². The van der Waals surface area contributed by atoms with Crippen LogP contribution in [-0.2, 0) is 14.8 Å². The number of carbonyl (C=O) groups excluding carboxylic acids is 1. The van der Waals surface area contributed by atoms with Crippen LogP contribution in [0.4, 0.5) is 10.2 Å². The molecule has 6 rings (SSSR count). The van der Waals surface area contributed by atoms with Gasteiger partial charge >= 0.3 is 0 Å². The van der Waals surface area contributed by atoms with Crippen LogP contribution >= 0.6 is 11.6 Å². The Hall–Kier alpha value is -3.40. The van der Waals surface area contributed by atoms with Gasteiger partial charge in [-0.25, -0.2) is 27.5 Å². The Kier molecular flexibility index (Phi) is 10.7. The van der Waals surface area contributed by atoms with Crippen LogP contribution in [0.5, 0.6) is 11.5 Å². The van der Waals surface area contributed by atoms with Crippen molar-refractivity contribution < 1.29 is 32.2 Å². The minimum absolute atomic E-state index is 0.0156. The van der Waals surface area contributed by atoms with Crippen molar-refractivity contribution in [2.75, 3.05) is 50.8 Å². The summed E-state index contributed by atoms with van der Waals surface area (Å²) in [6.07, 6.45) is 5.58. The van der Waals surface area contributed by atoms with Crippen molar-refractivity contribution in [1.82, 2.24) is 24.5 Å². The Morgan fingerprint density at radius 2 is 1.92 bits per heavy atom. The number of halogens is 2. The smallest absolute Gasteiger partial charge is 0.257 e. The molecule has 4 heterocycles. The average molecular weight is 731 g/mol. The van der Waals surface area contributed by atoms with Gasteiger partial charge in [-0.2, -0.15) is 0 Å². The quantitative estimate of drug-likeness (QED) is 0.286. The molecule has 3 aliphatic rings. The molecule has 3 aliphatic heterocycles. The summed E-state index contributed by atoms with van der Waals surface area (Å²) in [6.45, 7) is 9.64. The molecule has 0 bridgehead atoms. The van der Waals surface area contributed by atoms with Gasteiger partial charge in [0.1, 0.15) is 22.8 Å². The molecule has 3 saturated heterocycles. The maximum Gasteiger partial charge on any atom is 0.257 e. The molecule has 3 aromatic rings. The third kappa shape index (κ3) is 7.90. The molecule has 3 fully saturated rings. The lowest BCUT2D eigenvalue weighted by Gasteiger charge is -2.55. The fourth-order valence-corrected chi connectivity index (χ4v) is 8.91. The molecule has 1 amide bonds. The van der Waals surface area contributed by atoms with Crippen LogP contribution < -0.4 is 14.4 Å². The van der Waals surface area contributed by atoms with E-state index in [9.17, 15) is 22.7 Å². The molecule has 12 nitrogen and oxygen atoms in total.